The standard InChI is InChI=1S/C23H29BrClN3O3S/c1-22(2,16-6-5-7-17(24)12-16)14-27-18-8-9-20(19(25)13-18)32(30,31)28-11-10-23(3,15-28)21(29)26-4/h5-9,12-13,27H,10-11,14-15H2,1-4H3,(H,26,29). The first-order valence-corrected chi connectivity index (χ1v) is 13.0. The lowest BCUT2D eigenvalue weighted by Crippen LogP contribution is -2.40. The van der Waals surface area contributed by atoms with Gasteiger partial charge in [0, 0.05) is 42.3 Å². The zero-order chi connectivity index (χ0) is 23.7. The molecule has 1 aliphatic rings. The smallest absolute Gasteiger partial charge is 0.244 e. The van der Waals surface area contributed by atoms with Crippen LogP contribution in [0.25, 0.3) is 0 Å². The Balaban J connectivity index is 1.74. The van der Waals surface area contributed by atoms with Gasteiger partial charge in [-0.25, -0.2) is 8.42 Å². The maximum Gasteiger partial charge on any atom is 0.244 e. The van der Waals surface area contributed by atoms with Crippen molar-refractivity contribution in [3.63, 3.8) is 0 Å². The molecule has 1 heterocycles. The number of hydrogen-bond donors (Lipinski definition) is 2. The third-order valence-corrected chi connectivity index (χ3v) is 8.93. The number of carbonyl (C=O) groups excluding carboxylic acids is 1. The van der Waals surface area contributed by atoms with Gasteiger partial charge in [-0.05, 0) is 49.2 Å². The number of hydrogen-bond acceptors (Lipinski definition) is 4. The van der Waals surface area contributed by atoms with Crippen molar-refractivity contribution in [1.82, 2.24) is 9.62 Å². The van der Waals surface area contributed by atoms with Crippen LogP contribution in [0.2, 0.25) is 5.02 Å². The highest BCUT2D eigenvalue weighted by molar-refractivity contribution is 9.10. The molecule has 2 aromatic rings. The lowest BCUT2D eigenvalue weighted by atomic mass is 9.84. The molecule has 0 aromatic heterocycles. The third kappa shape index (κ3) is 5.14. The van der Waals surface area contributed by atoms with Crippen molar-refractivity contribution in [3.8, 4) is 0 Å². The van der Waals surface area contributed by atoms with Crippen molar-refractivity contribution in [2.75, 3.05) is 32.0 Å². The quantitative estimate of drug-likeness (QED) is 0.534. The van der Waals surface area contributed by atoms with Crippen LogP contribution >= 0.6 is 27.5 Å². The third-order valence-electron chi connectivity index (χ3n) is 6.10. The highest BCUT2D eigenvalue weighted by Crippen LogP contribution is 2.36. The fraction of sp³-hybridized carbons (Fsp3) is 0.435. The molecule has 3 rings (SSSR count). The number of nitrogens with one attached hydrogen (secondary N) is 2. The molecular weight excluding hydrogens is 514 g/mol. The molecule has 0 radical (unpaired) electrons. The highest BCUT2D eigenvalue weighted by Gasteiger charge is 2.44. The SMILES string of the molecule is CNC(=O)C1(C)CCN(S(=O)(=O)c2ccc(NCC(C)(C)c3cccc(Br)c3)cc2Cl)C1. The van der Waals surface area contributed by atoms with Crippen molar-refractivity contribution in [3.05, 3.63) is 57.5 Å². The summed E-state index contributed by atoms with van der Waals surface area (Å²) in [5.41, 5.74) is 1.03. The Labute approximate surface area is 203 Å². The minimum atomic E-state index is -3.80. The van der Waals surface area contributed by atoms with Gasteiger partial charge in [0.2, 0.25) is 15.9 Å². The van der Waals surface area contributed by atoms with Crippen molar-refractivity contribution in [1.29, 1.82) is 0 Å². The van der Waals surface area contributed by atoms with Crippen LogP contribution in [0.5, 0.6) is 0 Å². The van der Waals surface area contributed by atoms with Crippen LogP contribution in [0.4, 0.5) is 5.69 Å². The first kappa shape index (κ1) is 25.0. The lowest BCUT2D eigenvalue weighted by Gasteiger charge is -2.27. The summed E-state index contributed by atoms with van der Waals surface area (Å²) in [5, 5.41) is 6.14. The summed E-state index contributed by atoms with van der Waals surface area (Å²) in [6.07, 6.45) is 0.466. The fourth-order valence-electron chi connectivity index (χ4n) is 3.90. The molecule has 2 aromatic carbocycles. The Hall–Kier alpha value is -1.61. The van der Waals surface area contributed by atoms with Crippen molar-refractivity contribution in [2.24, 2.45) is 5.41 Å². The van der Waals surface area contributed by atoms with E-state index in [1.165, 1.54) is 15.9 Å². The van der Waals surface area contributed by atoms with Gasteiger partial charge >= 0.3 is 0 Å². The van der Waals surface area contributed by atoms with E-state index in [1.807, 2.05) is 12.1 Å². The second-order valence-corrected chi connectivity index (χ2v) is 12.4. The van der Waals surface area contributed by atoms with E-state index in [1.54, 1.807) is 26.1 Å². The Bertz CT molecular complexity index is 1120. The average molecular weight is 543 g/mol. The number of sulfonamides is 1. The number of nitrogens with zero attached hydrogens (tertiary/aromatic N) is 1. The molecule has 6 nitrogen and oxygen atoms in total. The van der Waals surface area contributed by atoms with Gasteiger partial charge in [-0.2, -0.15) is 4.31 Å². The molecule has 1 atom stereocenters. The zero-order valence-electron chi connectivity index (χ0n) is 18.7. The summed E-state index contributed by atoms with van der Waals surface area (Å²) in [6.45, 7) is 7.11. The van der Waals surface area contributed by atoms with Gasteiger partial charge in [0.25, 0.3) is 0 Å². The number of halogens is 2. The summed E-state index contributed by atoms with van der Waals surface area (Å²) < 4.78 is 28.7. The molecule has 1 unspecified atom stereocenters. The summed E-state index contributed by atoms with van der Waals surface area (Å²) in [5.74, 6) is -0.158. The largest absolute Gasteiger partial charge is 0.384 e. The second-order valence-electron chi connectivity index (χ2n) is 9.12. The molecule has 2 N–H and O–H groups in total. The van der Waals surface area contributed by atoms with Crippen LogP contribution in [0, 0.1) is 5.41 Å². The van der Waals surface area contributed by atoms with E-state index in [9.17, 15) is 13.2 Å². The Kier molecular flexibility index (Phi) is 7.29. The molecule has 9 heteroatoms. The molecule has 0 bridgehead atoms. The topological polar surface area (TPSA) is 78.5 Å². The molecule has 0 saturated carbocycles. The van der Waals surface area contributed by atoms with Gasteiger partial charge in [0.1, 0.15) is 4.90 Å². The van der Waals surface area contributed by atoms with Gasteiger partial charge < -0.3 is 10.6 Å². The first-order valence-electron chi connectivity index (χ1n) is 10.4. The normalized spacial score (nSPS) is 19.7. The van der Waals surface area contributed by atoms with Crippen LogP contribution in [-0.4, -0.2) is 45.3 Å². The van der Waals surface area contributed by atoms with E-state index < -0.39 is 15.4 Å². The minimum absolute atomic E-state index is 0.0529. The number of benzene rings is 2. The van der Waals surface area contributed by atoms with Crippen LogP contribution < -0.4 is 10.6 Å². The van der Waals surface area contributed by atoms with Crippen molar-refractivity contribution in [2.45, 2.75) is 37.5 Å². The predicted octanol–water partition coefficient (Wildman–Crippen LogP) is 4.64. The molecule has 1 fully saturated rings. The van der Waals surface area contributed by atoms with Gasteiger partial charge in [0.05, 0.1) is 10.4 Å². The number of carbonyl (C=O) groups is 1. The lowest BCUT2D eigenvalue weighted by molar-refractivity contribution is -0.128. The predicted molar refractivity (Wildman–Crippen MR) is 133 cm³/mol. The van der Waals surface area contributed by atoms with Crippen molar-refractivity contribution < 1.29 is 13.2 Å². The Morgan fingerprint density at radius 3 is 2.59 bits per heavy atom. The summed E-state index contributed by atoms with van der Waals surface area (Å²) in [4.78, 5) is 12.2. The number of rotatable bonds is 7. The monoisotopic (exact) mass is 541 g/mol. The van der Waals surface area contributed by atoms with E-state index in [2.05, 4.69) is 52.5 Å². The molecular formula is C23H29BrClN3O3S. The van der Waals surface area contributed by atoms with E-state index in [0.717, 1.165) is 10.2 Å². The molecule has 1 saturated heterocycles. The van der Waals surface area contributed by atoms with Crippen LogP contribution in [0.15, 0.2) is 51.8 Å². The van der Waals surface area contributed by atoms with Gasteiger partial charge in [-0.1, -0.05) is 53.5 Å². The molecule has 1 aliphatic heterocycles. The van der Waals surface area contributed by atoms with Crippen molar-refractivity contribution >= 4 is 49.1 Å². The zero-order valence-corrected chi connectivity index (χ0v) is 21.9. The molecule has 0 spiro atoms. The van der Waals surface area contributed by atoms with E-state index in [-0.39, 0.29) is 34.3 Å². The maximum atomic E-state index is 13.2. The molecule has 174 valence electrons. The van der Waals surface area contributed by atoms with Crippen LogP contribution in [0.3, 0.4) is 0 Å². The highest BCUT2D eigenvalue weighted by atomic mass is 79.9. The minimum Gasteiger partial charge on any atom is -0.384 e. The van der Waals surface area contributed by atoms with Crippen LogP contribution in [0.1, 0.15) is 32.8 Å². The molecule has 0 aliphatic carbocycles. The van der Waals surface area contributed by atoms with E-state index >= 15 is 0 Å². The molecule has 32 heavy (non-hydrogen) atoms. The summed E-state index contributed by atoms with van der Waals surface area (Å²) >= 11 is 9.92. The summed E-state index contributed by atoms with van der Waals surface area (Å²) in [6, 6.07) is 13.1. The Morgan fingerprint density at radius 2 is 1.97 bits per heavy atom. The van der Waals surface area contributed by atoms with Crippen LogP contribution in [-0.2, 0) is 20.2 Å². The number of amides is 1. The number of anilines is 1. The van der Waals surface area contributed by atoms with Gasteiger partial charge in [0.15, 0.2) is 0 Å². The summed E-state index contributed by atoms with van der Waals surface area (Å²) in [7, 11) is -2.24. The fourth-order valence-corrected chi connectivity index (χ4v) is 6.39. The first-order chi connectivity index (χ1) is 14.9. The maximum absolute atomic E-state index is 13.2. The van der Waals surface area contributed by atoms with E-state index in [0.29, 0.717) is 13.0 Å². The second kappa shape index (κ2) is 9.33. The molecule has 1 amide bonds. The van der Waals surface area contributed by atoms with Gasteiger partial charge in [-0.3, -0.25) is 4.79 Å². The Morgan fingerprint density at radius 1 is 1.25 bits per heavy atom. The van der Waals surface area contributed by atoms with Gasteiger partial charge in [-0.15, -0.1) is 0 Å². The van der Waals surface area contributed by atoms with E-state index in [4.69, 9.17) is 11.6 Å². The average Bonchev–Trinajstić information content (AvgIpc) is 3.16.